The average molecular weight is 1680 g/mol. The van der Waals surface area contributed by atoms with Crippen LogP contribution in [0.15, 0.2) is 82.0 Å². The van der Waals surface area contributed by atoms with Crippen LogP contribution in [0.4, 0.5) is 22.0 Å². The number of allylic oxidation sites excluding steroid dienone is 13. The van der Waals surface area contributed by atoms with Gasteiger partial charge in [0, 0.05) is 74.4 Å². The van der Waals surface area contributed by atoms with Crippen LogP contribution in [0.2, 0.25) is 0 Å². The fraction of sp³-hybridized carbons (Fsp3) is 0.744. The second kappa shape index (κ2) is 30.1. The van der Waals surface area contributed by atoms with Crippen molar-refractivity contribution in [2.75, 3.05) is 25.8 Å². The number of carbonyl (C=O) groups excluding carboxylic acids is 9. The van der Waals surface area contributed by atoms with E-state index in [9.17, 15) is 98.6 Å². The molecule has 0 heterocycles. The van der Waals surface area contributed by atoms with Crippen molar-refractivity contribution in [3.63, 3.8) is 0 Å². The predicted molar refractivity (Wildman–Crippen MR) is 421 cm³/mol. The lowest BCUT2D eigenvalue weighted by Crippen LogP contribution is -2.70. The number of esters is 1. The summed E-state index contributed by atoms with van der Waals surface area (Å²) in [6.45, 7) is 19.2. The van der Waals surface area contributed by atoms with Gasteiger partial charge in [-0.1, -0.05) is 104 Å². The average Bonchev–Trinajstić information content (AvgIpc) is 1.59. The summed E-state index contributed by atoms with van der Waals surface area (Å²) in [6, 6.07) is -1.02. The second-order valence-corrected chi connectivity index (χ2v) is 41.1. The van der Waals surface area contributed by atoms with Crippen LogP contribution in [0.25, 0.3) is 0 Å². The van der Waals surface area contributed by atoms with Crippen molar-refractivity contribution in [3.05, 3.63) is 82.0 Å². The third kappa shape index (κ3) is 12.2. The SMILES string of the molecule is CCC(=O)O[C@]1(C(=O)SCF)[C@H](C)C[C@H]2[C@@H]3C[C@H](F)C4=CC(=O)C=C[C@]4(C)[C@@]3(F)[C@@H](O)C[C@@]21C.C[C@@H]1CC2C3CC(F)C4=CC(=O)C(Cl)=C[C@]4(C)[C@@]3(F)[C@@H](O)C[C@]2(C)[C@@]1(O)C(=O)CO.C[C@H]1C[C@@H]2[C@H]([C@@H](O)C[C@@]3(C)[C@H]2CC[C@]3(O)C(=O)CO)[C@@]2(C)C=CC(=O)C=C12.C[C@]12CCC(=O)C=C1CCC1C2[C@@H](O)C[C@@]2(C)C1CC[C@]2(O)C(=O)CO. The van der Waals surface area contributed by atoms with E-state index in [0.717, 1.165) is 56.3 Å². The van der Waals surface area contributed by atoms with Gasteiger partial charge in [0.2, 0.25) is 5.12 Å². The highest BCUT2D eigenvalue weighted by Gasteiger charge is 2.81. The number of hydrogen-bond donors (Lipinski definition) is 10. The van der Waals surface area contributed by atoms with E-state index >= 15 is 17.6 Å². The minimum absolute atomic E-state index is 0.00620. The summed E-state index contributed by atoms with van der Waals surface area (Å²) in [5, 5.41) is 106. The van der Waals surface area contributed by atoms with E-state index < -0.39 is 204 Å². The maximum atomic E-state index is 17.2. The Morgan fingerprint density at radius 1 is 0.556 bits per heavy atom. The maximum Gasteiger partial charge on any atom is 0.306 e. The van der Waals surface area contributed by atoms with Gasteiger partial charge in [0.1, 0.15) is 55.0 Å². The van der Waals surface area contributed by atoms with Crippen LogP contribution in [-0.2, 0) is 47.9 Å². The molecule has 0 radical (unpaired) electrons. The molecule has 0 saturated heterocycles. The van der Waals surface area contributed by atoms with Gasteiger partial charge in [0.25, 0.3) is 0 Å². The summed E-state index contributed by atoms with van der Waals surface area (Å²) in [4.78, 5) is 111. The van der Waals surface area contributed by atoms with Crippen LogP contribution in [0.5, 0.6) is 0 Å². The van der Waals surface area contributed by atoms with Crippen molar-refractivity contribution >= 4 is 74.9 Å². The first-order valence-corrected chi connectivity index (χ1v) is 43.5. The van der Waals surface area contributed by atoms with Crippen LogP contribution in [-0.4, -0.2) is 199 Å². The number of aliphatic hydroxyl groups is 10. The van der Waals surface area contributed by atoms with Gasteiger partial charge in [-0.25, -0.2) is 22.0 Å². The molecule has 0 spiro atoms. The zero-order valence-corrected chi connectivity index (χ0v) is 70.5. The topological polar surface area (TPSA) is 365 Å². The van der Waals surface area contributed by atoms with E-state index in [0.29, 0.717) is 43.9 Å². The van der Waals surface area contributed by atoms with Gasteiger partial charge in [0.15, 0.2) is 57.4 Å². The minimum atomic E-state index is -2.33. The summed E-state index contributed by atoms with van der Waals surface area (Å²) in [7, 11) is 0. The quantitative estimate of drug-likeness (QED) is 0.0717. The normalized spacial score (nSPS) is 50.3. The molecule has 33 atom stereocenters. The lowest BCUT2D eigenvalue weighted by atomic mass is 9.44. The molecule has 10 N–H and O–H groups in total. The first-order chi connectivity index (χ1) is 54.4. The van der Waals surface area contributed by atoms with Crippen molar-refractivity contribution in [2.24, 2.45) is 120 Å². The van der Waals surface area contributed by atoms with E-state index in [1.165, 1.54) is 37.6 Å². The Balaban J connectivity index is 0.000000136. The summed E-state index contributed by atoms with van der Waals surface area (Å²) in [6.07, 6.45) is 11.5. The Labute approximate surface area is 689 Å². The van der Waals surface area contributed by atoms with Gasteiger partial charge in [-0.05, 0) is 241 Å². The molecule has 646 valence electrons. The zero-order chi connectivity index (χ0) is 86.4. The Bertz CT molecular complexity index is 4390. The van der Waals surface area contributed by atoms with Gasteiger partial charge in [-0.2, -0.15) is 0 Å². The Kier molecular flexibility index (Phi) is 23.1. The number of carbonyl (C=O) groups is 9. The molecular weight excluding hydrogens is 1560 g/mol. The lowest BCUT2D eigenvalue weighted by molar-refractivity contribution is -0.228. The molecule has 0 aliphatic heterocycles. The number of fused-ring (bicyclic) bond motifs is 20. The summed E-state index contributed by atoms with van der Waals surface area (Å²) < 4.78 is 84.1. The predicted octanol–water partition coefficient (Wildman–Crippen LogP) is 10.4. The molecule has 117 heavy (non-hydrogen) atoms. The van der Waals surface area contributed by atoms with E-state index in [4.69, 9.17) is 16.3 Å². The molecule has 0 aromatic heterocycles. The highest BCUT2D eigenvalue weighted by molar-refractivity contribution is 8.13. The van der Waals surface area contributed by atoms with Crippen molar-refractivity contribution in [1.29, 1.82) is 0 Å². The van der Waals surface area contributed by atoms with E-state index in [-0.39, 0.29) is 125 Å². The molecule has 0 aromatic carbocycles. The molecule has 16 rings (SSSR count). The first-order valence-electron chi connectivity index (χ1n) is 42.1. The largest absolute Gasteiger partial charge is 0.449 e. The maximum absolute atomic E-state index is 17.2. The number of ether oxygens (including phenoxy) is 1. The van der Waals surface area contributed by atoms with Crippen molar-refractivity contribution in [2.45, 2.75) is 269 Å². The molecule has 12 fully saturated rings. The number of aliphatic hydroxyl groups excluding tert-OH is 7. The molecule has 0 amide bonds. The van der Waals surface area contributed by atoms with Gasteiger partial charge in [-0.15, -0.1) is 0 Å². The summed E-state index contributed by atoms with van der Waals surface area (Å²) in [5.74, 6) is -6.83. The van der Waals surface area contributed by atoms with Crippen molar-refractivity contribution in [3.8, 4) is 0 Å². The number of Topliss-reactive ketones (excluding diaryl/α,β-unsaturated/α-hetero) is 3. The third-order valence-electron chi connectivity index (χ3n) is 35.3. The highest BCUT2D eigenvalue weighted by atomic mass is 35.5. The third-order valence-corrected chi connectivity index (χ3v) is 36.3. The number of halogens is 6. The molecule has 27 heteroatoms. The van der Waals surface area contributed by atoms with Crippen LogP contribution in [0, 0.1) is 120 Å². The molecule has 20 nitrogen and oxygen atoms in total. The number of ketones is 7. The monoisotopic (exact) mass is 1680 g/mol. The Morgan fingerprint density at radius 3 is 1.60 bits per heavy atom. The first kappa shape index (κ1) is 89.7. The zero-order valence-electron chi connectivity index (χ0n) is 69.0. The van der Waals surface area contributed by atoms with Crippen LogP contribution < -0.4 is 0 Å². The van der Waals surface area contributed by atoms with E-state index in [1.807, 2.05) is 19.9 Å². The van der Waals surface area contributed by atoms with Gasteiger partial charge < -0.3 is 55.8 Å². The fourth-order valence-electron chi connectivity index (χ4n) is 29.6. The molecule has 0 aromatic rings. The van der Waals surface area contributed by atoms with Gasteiger partial charge >= 0.3 is 5.97 Å². The number of alkyl halides is 5. The fourth-order valence-corrected chi connectivity index (χ4v) is 30.6. The number of rotatable bonds is 10. The molecule has 12 saturated carbocycles. The Hall–Kier alpha value is -5.10. The standard InChI is InChI=1S/C25H31F3O5S.C22H27ClF2O5.C22H30O5.C21H30O5/c1-5-20(31)33-25(21(32)34-12-26)13(2)8-15-16-10-18(27)17-9-14(29)6-7-22(17,3)24(16,28)19(30)11-23(15,25)4;1-10-4-11-12-5-15(24)13-6-16(27)14(23)7-19(13,2)21(12,25)17(28)8-20(11,3)22(10,30)18(29)9-26;1-12-8-14-15-5-7-22(27,18(26)11-23)21(15,3)10-17(25)19(14)20(2)6-4-13(24)9-16(12)20;1-19-7-5-13(23)9-12(19)3-4-14-15-6-8-21(26,17(25)11-22)20(15,2)10-16(24)18(14)19/h6-7,9,13,15-16,18-19,30H,5,8,10-12H2,1-4H3;6-7,10-12,15,17,26,28,30H,4-5,8-9H2,1-3H3;4,6,9,12,14-15,17,19,23,25,27H,5,7-8,10-11H2,1-3H3;9,14-16,18,22,24,26H,3-8,10-11H2,1-2H3/t13-,15+,16+,18+,19+,22+,23+,24+,25+;10-,11?,12?,15?,17+,19+,20+,21+,22+;12-,14-,15-,17-,19+,20-,21-,22-;14?,15?,16-,18?,19-,20-,21-/m1100/s1. The van der Waals surface area contributed by atoms with Gasteiger partial charge in [0.05, 0.1) is 29.4 Å². The number of thioether (sulfide) groups is 1. The van der Waals surface area contributed by atoms with Crippen molar-refractivity contribution in [1.82, 2.24) is 0 Å². The number of hydrogen-bond acceptors (Lipinski definition) is 21. The molecule has 0 bridgehead atoms. The second-order valence-electron chi connectivity index (χ2n) is 39.8. The highest BCUT2D eigenvalue weighted by Crippen LogP contribution is 2.76. The van der Waals surface area contributed by atoms with E-state index in [1.54, 1.807) is 52.8 Å². The summed E-state index contributed by atoms with van der Waals surface area (Å²) in [5.41, 5.74) is -16.9. The Morgan fingerprint density at radius 2 is 1.05 bits per heavy atom. The van der Waals surface area contributed by atoms with Crippen LogP contribution in [0.1, 0.15) is 199 Å². The summed E-state index contributed by atoms with van der Waals surface area (Å²) >= 11 is 6.41. The van der Waals surface area contributed by atoms with Crippen molar-refractivity contribution < 1.29 is 121 Å². The van der Waals surface area contributed by atoms with Crippen LogP contribution >= 0.6 is 23.4 Å². The smallest absolute Gasteiger partial charge is 0.306 e. The lowest BCUT2D eigenvalue weighted by Gasteiger charge is -2.63. The molecular formula is C90H118ClF5O20S. The minimum Gasteiger partial charge on any atom is -0.449 e. The molecule has 16 aliphatic carbocycles. The van der Waals surface area contributed by atoms with E-state index in [2.05, 4.69) is 20.8 Å². The van der Waals surface area contributed by atoms with Crippen LogP contribution in [0.3, 0.4) is 0 Å². The molecule has 16 aliphatic rings. The van der Waals surface area contributed by atoms with Gasteiger partial charge in [-0.3, -0.25) is 43.2 Å². The molecule has 6 unspecified atom stereocenters.